The SMILES string of the molecule is Cc1ccnc(-n2nnc3c2CCN(C(=O)c2cccc(C(F)(F)F)c2Cl)C3C)n1. The summed E-state index contributed by atoms with van der Waals surface area (Å²) in [6.45, 7) is 3.84. The van der Waals surface area contributed by atoms with Crippen molar-refractivity contribution < 1.29 is 18.0 Å². The van der Waals surface area contributed by atoms with E-state index in [-0.39, 0.29) is 12.1 Å². The van der Waals surface area contributed by atoms with Crippen molar-refractivity contribution in [2.45, 2.75) is 32.5 Å². The largest absolute Gasteiger partial charge is 0.417 e. The zero-order valence-corrected chi connectivity index (χ0v) is 16.7. The average molecular weight is 437 g/mol. The van der Waals surface area contributed by atoms with Crippen molar-refractivity contribution in [2.75, 3.05) is 6.54 Å². The molecule has 0 spiro atoms. The van der Waals surface area contributed by atoms with Crippen LogP contribution in [0.5, 0.6) is 0 Å². The van der Waals surface area contributed by atoms with Crippen molar-refractivity contribution in [1.29, 1.82) is 0 Å². The highest BCUT2D eigenvalue weighted by molar-refractivity contribution is 6.34. The van der Waals surface area contributed by atoms with Gasteiger partial charge in [0.1, 0.15) is 5.69 Å². The van der Waals surface area contributed by atoms with Gasteiger partial charge in [-0.05, 0) is 32.0 Å². The van der Waals surface area contributed by atoms with Crippen molar-refractivity contribution >= 4 is 17.5 Å². The van der Waals surface area contributed by atoms with Crippen LogP contribution >= 0.6 is 11.6 Å². The van der Waals surface area contributed by atoms with Gasteiger partial charge in [0.25, 0.3) is 11.9 Å². The number of fused-ring (bicyclic) bond motifs is 1. The molecule has 7 nitrogen and oxygen atoms in total. The van der Waals surface area contributed by atoms with Gasteiger partial charge in [-0.1, -0.05) is 22.9 Å². The first-order valence-corrected chi connectivity index (χ1v) is 9.47. The van der Waals surface area contributed by atoms with Crippen molar-refractivity contribution in [3.05, 3.63) is 63.7 Å². The molecule has 0 fully saturated rings. The summed E-state index contributed by atoms with van der Waals surface area (Å²) < 4.78 is 41.0. The summed E-state index contributed by atoms with van der Waals surface area (Å²) >= 11 is 5.94. The third-order valence-electron chi connectivity index (χ3n) is 5.01. The third-order valence-corrected chi connectivity index (χ3v) is 5.42. The molecule has 1 unspecified atom stereocenters. The molecule has 0 bridgehead atoms. The van der Waals surface area contributed by atoms with Crippen molar-refractivity contribution in [3.8, 4) is 5.95 Å². The highest BCUT2D eigenvalue weighted by Crippen LogP contribution is 2.38. The lowest BCUT2D eigenvalue weighted by Gasteiger charge is -2.33. The number of aromatic nitrogens is 5. The minimum absolute atomic E-state index is 0.198. The molecule has 1 amide bonds. The lowest BCUT2D eigenvalue weighted by molar-refractivity contribution is -0.137. The highest BCUT2D eigenvalue weighted by Gasteiger charge is 2.37. The zero-order valence-electron chi connectivity index (χ0n) is 16.0. The van der Waals surface area contributed by atoms with Gasteiger partial charge in [-0.15, -0.1) is 5.10 Å². The summed E-state index contributed by atoms with van der Waals surface area (Å²) in [5, 5.41) is 7.69. The molecule has 0 N–H and O–H groups in total. The van der Waals surface area contributed by atoms with E-state index < -0.39 is 28.7 Å². The van der Waals surface area contributed by atoms with Crippen LogP contribution in [0.3, 0.4) is 0 Å². The minimum Gasteiger partial charge on any atom is -0.330 e. The van der Waals surface area contributed by atoms with Crippen LogP contribution in [-0.4, -0.2) is 42.3 Å². The van der Waals surface area contributed by atoms with Crippen LogP contribution in [0.4, 0.5) is 13.2 Å². The summed E-state index contributed by atoms with van der Waals surface area (Å²) in [5.74, 6) is -0.220. The van der Waals surface area contributed by atoms with E-state index in [0.29, 0.717) is 18.1 Å². The predicted molar refractivity (Wildman–Crippen MR) is 101 cm³/mol. The number of hydrogen-bond donors (Lipinski definition) is 0. The Balaban J connectivity index is 1.67. The molecule has 4 rings (SSSR count). The van der Waals surface area contributed by atoms with Gasteiger partial charge in [-0.2, -0.15) is 17.9 Å². The first-order chi connectivity index (χ1) is 14.2. The summed E-state index contributed by atoms with van der Waals surface area (Å²) in [5.41, 5.74) is 0.832. The Hall–Kier alpha value is -3.01. The summed E-state index contributed by atoms with van der Waals surface area (Å²) in [6.07, 6.45) is -2.64. The minimum atomic E-state index is -4.65. The molecule has 30 heavy (non-hydrogen) atoms. The van der Waals surface area contributed by atoms with Gasteiger partial charge >= 0.3 is 6.18 Å². The number of nitrogens with zero attached hydrogens (tertiary/aromatic N) is 6. The number of benzene rings is 1. The fraction of sp³-hybridized carbons (Fsp3) is 0.316. The first kappa shape index (κ1) is 20.3. The number of rotatable bonds is 2. The van der Waals surface area contributed by atoms with Crippen molar-refractivity contribution in [1.82, 2.24) is 29.9 Å². The van der Waals surface area contributed by atoms with E-state index in [1.165, 1.54) is 21.7 Å². The van der Waals surface area contributed by atoms with E-state index in [9.17, 15) is 18.0 Å². The second-order valence-corrected chi connectivity index (χ2v) is 7.30. The van der Waals surface area contributed by atoms with E-state index in [4.69, 9.17) is 11.6 Å². The monoisotopic (exact) mass is 436 g/mol. The van der Waals surface area contributed by atoms with Crippen molar-refractivity contribution in [2.24, 2.45) is 0 Å². The molecule has 0 aliphatic carbocycles. The van der Waals surface area contributed by atoms with Gasteiger partial charge in [0.15, 0.2) is 0 Å². The molecule has 1 atom stereocenters. The Bertz CT molecular complexity index is 1130. The molecule has 0 saturated heterocycles. The van der Waals surface area contributed by atoms with Crippen LogP contribution in [0, 0.1) is 6.92 Å². The van der Waals surface area contributed by atoms with E-state index >= 15 is 0 Å². The van der Waals surface area contributed by atoms with Crippen molar-refractivity contribution in [3.63, 3.8) is 0 Å². The van der Waals surface area contributed by atoms with Crippen LogP contribution < -0.4 is 0 Å². The van der Waals surface area contributed by atoms with Crippen LogP contribution in [0.25, 0.3) is 5.95 Å². The van der Waals surface area contributed by atoms with Gasteiger partial charge in [-0.25, -0.2) is 9.97 Å². The summed E-state index contributed by atoms with van der Waals surface area (Å²) in [7, 11) is 0. The molecule has 1 aliphatic heterocycles. The number of carbonyl (C=O) groups is 1. The van der Waals surface area contributed by atoms with Crippen LogP contribution in [-0.2, 0) is 12.6 Å². The Morgan fingerprint density at radius 1 is 1.27 bits per heavy atom. The molecule has 11 heteroatoms. The lowest BCUT2D eigenvalue weighted by Crippen LogP contribution is -2.39. The number of alkyl halides is 3. The van der Waals surface area contributed by atoms with E-state index in [1.807, 2.05) is 6.92 Å². The van der Waals surface area contributed by atoms with E-state index in [2.05, 4.69) is 20.3 Å². The highest BCUT2D eigenvalue weighted by atomic mass is 35.5. The maximum atomic E-state index is 13.2. The fourth-order valence-corrected chi connectivity index (χ4v) is 3.80. The van der Waals surface area contributed by atoms with Crippen LogP contribution in [0.2, 0.25) is 5.02 Å². The predicted octanol–water partition coefficient (Wildman–Crippen LogP) is 3.80. The molecule has 2 aromatic heterocycles. The lowest BCUT2D eigenvalue weighted by atomic mass is 10.0. The van der Waals surface area contributed by atoms with Gasteiger partial charge < -0.3 is 4.90 Å². The number of halogens is 4. The maximum Gasteiger partial charge on any atom is 0.417 e. The van der Waals surface area contributed by atoms with Crippen LogP contribution in [0.1, 0.15) is 46.0 Å². The number of amides is 1. The second kappa shape index (κ2) is 7.35. The van der Waals surface area contributed by atoms with Gasteiger partial charge in [-0.3, -0.25) is 4.79 Å². The first-order valence-electron chi connectivity index (χ1n) is 9.09. The topological polar surface area (TPSA) is 76.8 Å². The molecular weight excluding hydrogens is 421 g/mol. The second-order valence-electron chi connectivity index (χ2n) is 6.92. The molecule has 0 radical (unpaired) electrons. The Morgan fingerprint density at radius 2 is 2.03 bits per heavy atom. The maximum absolute atomic E-state index is 13.2. The zero-order chi connectivity index (χ0) is 21.6. The van der Waals surface area contributed by atoms with Crippen LogP contribution in [0.15, 0.2) is 30.5 Å². The summed E-state index contributed by atoms with van der Waals surface area (Å²) in [4.78, 5) is 23.0. The number of hydrogen-bond acceptors (Lipinski definition) is 5. The molecule has 156 valence electrons. The Labute approximate surface area is 174 Å². The van der Waals surface area contributed by atoms with Gasteiger partial charge in [0.05, 0.1) is 27.9 Å². The normalized spacial score (nSPS) is 16.5. The molecule has 0 saturated carbocycles. The Kier molecular flexibility index (Phi) is 4.97. The number of aryl methyl sites for hydroxylation is 1. The molecule has 3 aromatic rings. The Morgan fingerprint density at radius 3 is 2.73 bits per heavy atom. The fourth-order valence-electron chi connectivity index (χ4n) is 3.49. The molecule has 1 aromatic carbocycles. The van der Waals surface area contributed by atoms with E-state index in [0.717, 1.165) is 17.5 Å². The smallest absolute Gasteiger partial charge is 0.330 e. The summed E-state index contributed by atoms with van der Waals surface area (Å²) in [6, 6.07) is 4.57. The number of carbonyl (C=O) groups excluding carboxylic acids is 1. The molecule has 1 aliphatic rings. The standard InChI is InChI=1S/C19H16ClF3N6O/c1-10-6-8-24-18(25-10)29-14-7-9-28(11(2)16(14)26-27-29)17(30)12-4-3-5-13(15(12)20)19(21,22)23/h3-6,8,11H,7,9H2,1-2H3. The quantitative estimate of drug-likeness (QED) is 0.610. The molecule has 3 heterocycles. The van der Waals surface area contributed by atoms with Gasteiger partial charge in [0, 0.05) is 24.9 Å². The van der Waals surface area contributed by atoms with Gasteiger partial charge in [0.2, 0.25) is 0 Å². The average Bonchev–Trinajstić information content (AvgIpc) is 3.12. The molecular formula is C19H16ClF3N6O. The van der Waals surface area contributed by atoms with E-state index in [1.54, 1.807) is 19.2 Å². The third kappa shape index (κ3) is 3.41.